The van der Waals surface area contributed by atoms with E-state index >= 15 is 0 Å². The molecule has 1 N–H and O–H groups in total. The van der Waals surface area contributed by atoms with Crippen molar-refractivity contribution in [3.05, 3.63) is 53.8 Å². The molecule has 2 aromatic carbocycles. The van der Waals surface area contributed by atoms with E-state index in [1.165, 1.54) is 24.3 Å². The van der Waals surface area contributed by atoms with E-state index in [0.717, 1.165) is 19.6 Å². The van der Waals surface area contributed by atoms with Crippen LogP contribution in [-0.4, -0.2) is 96.8 Å². The first kappa shape index (κ1) is 26.3. The first-order valence-corrected chi connectivity index (χ1v) is 13.6. The first-order chi connectivity index (χ1) is 17.4. The second-order valence-corrected chi connectivity index (χ2v) is 10.6. The topological polar surface area (TPSA) is 91.4 Å². The van der Waals surface area contributed by atoms with Crippen LogP contribution in [0.2, 0.25) is 0 Å². The molecule has 0 radical (unpaired) electrons. The van der Waals surface area contributed by atoms with Crippen LogP contribution in [0, 0.1) is 5.82 Å². The predicted molar refractivity (Wildman–Crippen MR) is 135 cm³/mol. The molecule has 0 atom stereocenters. The number of sulfonamides is 1. The maximum absolute atomic E-state index is 13.5. The van der Waals surface area contributed by atoms with Gasteiger partial charge >= 0.3 is 0 Å². The number of rotatable bonds is 9. The highest BCUT2D eigenvalue weighted by molar-refractivity contribution is 7.89. The van der Waals surface area contributed by atoms with Crippen molar-refractivity contribution in [2.45, 2.75) is 11.3 Å². The molecule has 2 aliphatic heterocycles. The van der Waals surface area contributed by atoms with Crippen molar-refractivity contribution >= 4 is 21.6 Å². The molecule has 0 unspecified atom stereocenters. The normalized spacial score (nSPS) is 17.3. The lowest BCUT2D eigenvalue weighted by Gasteiger charge is -2.36. The van der Waals surface area contributed by atoms with Crippen LogP contribution < -0.4 is 14.4 Å². The molecule has 11 heteroatoms. The van der Waals surface area contributed by atoms with Gasteiger partial charge in [0, 0.05) is 51.4 Å². The Morgan fingerprint density at radius 3 is 2.50 bits per heavy atom. The fourth-order valence-corrected chi connectivity index (χ4v) is 5.55. The quantitative estimate of drug-likeness (QED) is 0.504. The summed E-state index contributed by atoms with van der Waals surface area (Å²) in [5.41, 5.74) is 0.973. The Balaban J connectivity index is 1.37. The first-order valence-electron chi connectivity index (χ1n) is 12.1. The molecule has 196 valence electrons. The Bertz CT molecular complexity index is 1150. The van der Waals surface area contributed by atoms with Crippen molar-refractivity contribution in [2.24, 2.45) is 0 Å². The zero-order chi connectivity index (χ0) is 25.5. The Kier molecular flexibility index (Phi) is 8.78. The molecule has 2 fully saturated rings. The summed E-state index contributed by atoms with van der Waals surface area (Å²) >= 11 is 0. The summed E-state index contributed by atoms with van der Waals surface area (Å²) in [6, 6.07) is 10.5. The minimum atomic E-state index is -3.69. The third kappa shape index (κ3) is 6.52. The molecule has 0 aliphatic carbocycles. The van der Waals surface area contributed by atoms with Crippen LogP contribution in [0.1, 0.15) is 16.8 Å². The Morgan fingerprint density at radius 1 is 1.06 bits per heavy atom. The van der Waals surface area contributed by atoms with Crippen LogP contribution in [0.15, 0.2) is 47.4 Å². The van der Waals surface area contributed by atoms with Crippen LogP contribution in [0.4, 0.5) is 10.1 Å². The number of nitrogens with one attached hydrogen (secondary N) is 1. The van der Waals surface area contributed by atoms with E-state index in [0.29, 0.717) is 69.4 Å². The molecule has 4 rings (SSSR count). The molecule has 1 amide bonds. The third-order valence-corrected chi connectivity index (χ3v) is 7.95. The number of hydrogen-bond acceptors (Lipinski definition) is 7. The van der Waals surface area contributed by atoms with Crippen LogP contribution >= 0.6 is 0 Å². The molecule has 2 aromatic rings. The number of ether oxygens (including phenoxy) is 2. The van der Waals surface area contributed by atoms with Gasteiger partial charge < -0.3 is 19.3 Å². The number of methoxy groups -OCH3 is 1. The smallest absolute Gasteiger partial charge is 0.254 e. The molecule has 0 saturated carbocycles. The van der Waals surface area contributed by atoms with Gasteiger partial charge in [-0.2, -0.15) is 0 Å². The molecule has 2 saturated heterocycles. The molecular weight excluding hydrogens is 487 g/mol. The average Bonchev–Trinajstić information content (AvgIpc) is 2.91. The third-order valence-electron chi connectivity index (χ3n) is 6.49. The van der Waals surface area contributed by atoms with Crippen molar-refractivity contribution in [1.82, 2.24) is 14.5 Å². The fourth-order valence-electron chi connectivity index (χ4n) is 4.46. The van der Waals surface area contributed by atoms with E-state index in [4.69, 9.17) is 9.47 Å². The van der Waals surface area contributed by atoms with E-state index < -0.39 is 15.8 Å². The lowest BCUT2D eigenvalue weighted by molar-refractivity contribution is 0.0376. The fraction of sp³-hybridized carbons (Fsp3) is 0.480. The maximum atomic E-state index is 13.5. The molecule has 2 heterocycles. The van der Waals surface area contributed by atoms with Gasteiger partial charge in [0.15, 0.2) is 0 Å². The summed E-state index contributed by atoms with van der Waals surface area (Å²) in [7, 11) is -2.15. The molecule has 0 bridgehead atoms. The van der Waals surface area contributed by atoms with Crippen molar-refractivity contribution in [3.63, 3.8) is 0 Å². The highest BCUT2D eigenvalue weighted by Crippen LogP contribution is 2.32. The molecule has 36 heavy (non-hydrogen) atoms. The predicted octanol–water partition coefficient (Wildman–Crippen LogP) is 1.80. The van der Waals surface area contributed by atoms with Gasteiger partial charge in [-0.25, -0.2) is 17.5 Å². The summed E-state index contributed by atoms with van der Waals surface area (Å²) in [5.74, 6) is -0.109. The summed E-state index contributed by atoms with van der Waals surface area (Å²) in [4.78, 5) is 18.9. The Morgan fingerprint density at radius 2 is 1.81 bits per heavy atom. The van der Waals surface area contributed by atoms with Gasteiger partial charge in [0.2, 0.25) is 10.0 Å². The van der Waals surface area contributed by atoms with Gasteiger partial charge in [0.05, 0.1) is 30.9 Å². The number of carbonyl (C=O) groups is 1. The number of carbonyl (C=O) groups excluding carboxylic acids is 1. The second kappa shape index (κ2) is 12.0. The molecular formula is C25H33FN4O5S. The lowest BCUT2D eigenvalue weighted by Crippen LogP contribution is -2.49. The van der Waals surface area contributed by atoms with Gasteiger partial charge in [-0.05, 0) is 49.4 Å². The standard InChI is InChI=1S/C25H33FN4O5S/c1-34-24-7-6-22(36(32,33)27-8-3-9-28-14-16-35-17-15-28)19-23(24)29-10-12-30(13-11-29)25(31)20-4-2-5-21(26)18-20/h2,4-7,18-19,27H,3,8-17H2,1H3. The van der Waals surface area contributed by atoms with Crippen molar-refractivity contribution in [2.75, 3.05) is 77.6 Å². The van der Waals surface area contributed by atoms with Crippen LogP contribution in [0.25, 0.3) is 0 Å². The Hall–Kier alpha value is -2.73. The lowest BCUT2D eigenvalue weighted by atomic mass is 10.1. The summed E-state index contributed by atoms with van der Waals surface area (Å²) in [6.07, 6.45) is 0.712. The number of hydrogen-bond donors (Lipinski definition) is 1. The van der Waals surface area contributed by atoms with Crippen LogP contribution in [0.5, 0.6) is 5.75 Å². The number of halogens is 1. The number of piperazine rings is 1. The highest BCUT2D eigenvalue weighted by Gasteiger charge is 2.26. The van der Waals surface area contributed by atoms with Gasteiger partial charge in [0.25, 0.3) is 5.91 Å². The number of benzene rings is 2. The van der Waals surface area contributed by atoms with Gasteiger partial charge in [0.1, 0.15) is 11.6 Å². The summed E-state index contributed by atoms with van der Waals surface area (Å²) < 4.78 is 53.0. The Labute approximate surface area is 211 Å². The highest BCUT2D eigenvalue weighted by atomic mass is 32.2. The minimum Gasteiger partial charge on any atom is -0.495 e. The molecule has 9 nitrogen and oxygen atoms in total. The molecule has 0 aromatic heterocycles. The van der Waals surface area contributed by atoms with Crippen molar-refractivity contribution in [3.8, 4) is 5.75 Å². The maximum Gasteiger partial charge on any atom is 0.254 e. The van der Waals surface area contributed by atoms with Crippen molar-refractivity contribution < 1.29 is 27.1 Å². The molecule has 2 aliphatic rings. The van der Waals surface area contributed by atoms with E-state index in [-0.39, 0.29) is 10.8 Å². The van der Waals surface area contributed by atoms with Crippen LogP contribution in [0.3, 0.4) is 0 Å². The van der Waals surface area contributed by atoms with Crippen LogP contribution in [-0.2, 0) is 14.8 Å². The number of amides is 1. The summed E-state index contributed by atoms with van der Waals surface area (Å²) in [5, 5.41) is 0. The van der Waals surface area contributed by atoms with E-state index in [9.17, 15) is 17.6 Å². The SMILES string of the molecule is COc1ccc(S(=O)(=O)NCCCN2CCOCC2)cc1N1CCN(C(=O)c2cccc(F)c2)CC1. The zero-order valence-electron chi connectivity index (χ0n) is 20.5. The summed E-state index contributed by atoms with van der Waals surface area (Å²) in [6.45, 7) is 6.18. The van der Waals surface area contributed by atoms with Crippen molar-refractivity contribution in [1.29, 1.82) is 0 Å². The van der Waals surface area contributed by atoms with E-state index in [1.807, 2.05) is 4.90 Å². The minimum absolute atomic E-state index is 0.169. The number of anilines is 1. The molecule has 0 spiro atoms. The second-order valence-electron chi connectivity index (χ2n) is 8.83. The van der Waals surface area contributed by atoms with Gasteiger partial charge in [-0.15, -0.1) is 0 Å². The number of nitrogens with zero attached hydrogens (tertiary/aromatic N) is 3. The van der Waals surface area contributed by atoms with Gasteiger partial charge in [-0.1, -0.05) is 6.07 Å². The monoisotopic (exact) mass is 520 g/mol. The largest absolute Gasteiger partial charge is 0.495 e. The van der Waals surface area contributed by atoms with E-state index in [1.54, 1.807) is 30.2 Å². The van der Waals surface area contributed by atoms with E-state index in [2.05, 4.69) is 9.62 Å². The zero-order valence-corrected chi connectivity index (χ0v) is 21.3. The average molecular weight is 521 g/mol. The van der Waals surface area contributed by atoms with Gasteiger partial charge in [-0.3, -0.25) is 9.69 Å². The number of morpholine rings is 1.